The second-order valence-electron chi connectivity index (χ2n) is 2.97. The second kappa shape index (κ2) is 3.14. The first-order valence-corrected chi connectivity index (χ1v) is 4.25. The first-order valence-electron chi connectivity index (χ1n) is 4.25. The van der Waals surface area contributed by atoms with Gasteiger partial charge in [-0.1, -0.05) is 0 Å². The lowest BCUT2D eigenvalue weighted by atomic mass is 10.3. The molecule has 0 N–H and O–H groups in total. The van der Waals surface area contributed by atoms with Gasteiger partial charge < -0.3 is 4.74 Å². The summed E-state index contributed by atoms with van der Waals surface area (Å²) < 4.78 is 6.87. The molecule has 0 atom stereocenters. The normalized spacial score (nSPS) is 10.4. The zero-order valence-corrected chi connectivity index (χ0v) is 8.02. The van der Waals surface area contributed by atoms with Crippen LogP contribution in [0.4, 0.5) is 0 Å². The summed E-state index contributed by atoms with van der Waals surface area (Å²) in [5, 5.41) is 0. The van der Waals surface area contributed by atoms with Crippen molar-refractivity contribution in [3.05, 3.63) is 30.4 Å². The largest absolute Gasteiger partial charge is 0.494 e. The molecule has 0 aliphatic rings. The van der Waals surface area contributed by atoms with Gasteiger partial charge in [0.25, 0.3) is 0 Å². The summed E-state index contributed by atoms with van der Waals surface area (Å²) >= 11 is 0. The van der Waals surface area contributed by atoms with Crippen LogP contribution in [0, 0.1) is 0 Å². The van der Waals surface area contributed by atoms with E-state index in [1.54, 1.807) is 23.9 Å². The number of carbonyl (C=O) groups is 1. The Balaban J connectivity index is 2.75. The molecule has 0 bridgehead atoms. The maximum atomic E-state index is 11.2. The molecular weight excluding hydrogens is 180 g/mol. The van der Waals surface area contributed by atoms with Crippen molar-refractivity contribution in [2.45, 2.75) is 6.92 Å². The van der Waals surface area contributed by atoms with Gasteiger partial charge in [0, 0.05) is 13.1 Å². The van der Waals surface area contributed by atoms with E-state index >= 15 is 0 Å². The maximum Gasteiger partial charge on any atom is 0.195 e. The fourth-order valence-electron chi connectivity index (χ4n) is 1.43. The fourth-order valence-corrected chi connectivity index (χ4v) is 1.43. The highest BCUT2D eigenvalue weighted by Crippen LogP contribution is 2.19. The summed E-state index contributed by atoms with van der Waals surface area (Å²) in [6.07, 6.45) is 3.43. The number of rotatable bonds is 2. The number of carbonyl (C=O) groups excluding carboxylic acids is 1. The van der Waals surface area contributed by atoms with Gasteiger partial charge in [0.15, 0.2) is 11.6 Å². The summed E-state index contributed by atoms with van der Waals surface area (Å²) in [6, 6.07) is 3.65. The molecule has 0 fully saturated rings. The summed E-state index contributed by atoms with van der Waals surface area (Å²) in [6.45, 7) is 1.49. The molecule has 14 heavy (non-hydrogen) atoms. The Bertz CT molecular complexity index is 488. The molecule has 0 spiro atoms. The van der Waals surface area contributed by atoms with Crippen molar-refractivity contribution in [3.63, 3.8) is 0 Å². The van der Waals surface area contributed by atoms with Crippen molar-refractivity contribution in [2.75, 3.05) is 7.11 Å². The van der Waals surface area contributed by atoms with Crippen LogP contribution in [0.15, 0.2) is 24.5 Å². The Labute approximate surface area is 81.1 Å². The van der Waals surface area contributed by atoms with Crippen molar-refractivity contribution in [3.8, 4) is 5.75 Å². The lowest BCUT2D eigenvalue weighted by Crippen LogP contribution is -2.00. The number of hydrogen-bond donors (Lipinski definition) is 0. The van der Waals surface area contributed by atoms with Gasteiger partial charge in [-0.05, 0) is 12.1 Å². The number of Topliss-reactive ketones (excluding diaryl/α,β-unsaturated/α-hetero) is 1. The number of hydrogen-bond acceptors (Lipinski definition) is 3. The predicted octanol–water partition coefficient (Wildman–Crippen LogP) is 1.55. The van der Waals surface area contributed by atoms with Crippen molar-refractivity contribution in [1.82, 2.24) is 9.38 Å². The summed E-state index contributed by atoms with van der Waals surface area (Å²) in [5.74, 6) is 1.09. The third-order valence-electron chi connectivity index (χ3n) is 2.07. The molecule has 4 nitrogen and oxygen atoms in total. The summed E-state index contributed by atoms with van der Waals surface area (Å²) in [4.78, 5) is 15.2. The highest BCUT2D eigenvalue weighted by atomic mass is 16.5. The number of imidazole rings is 1. The van der Waals surface area contributed by atoms with Crippen molar-refractivity contribution in [1.29, 1.82) is 0 Å². The van der Waals surface area contributed by atoms with Crippen LogP contribution >= 0.6 is 0 Å². The first kappa shape index (κ1) is 8.74. The third kappa shape index (κ3) is 1.16. The molecule has 4 heteroatoms. The van der Waals surface area contributed by atoms with E-state index in [2.05, 4.69) is 4.98 Å². The van der Waals surface area contributed by atoms with E-state index in [1.807, 2.05) is 12.1 Å². The molecule has 0 unspecified atom stereocenters. The molecule has 0 aliphatic carbocycles. The van der Waals surface area contributed by atoms with Gasteiger partial charge in [0.05, 0.1) is 13.3 Å². The first-order chi connectivity index (χ1) is 6.74. The van der Waals surface area contributed by atoms with Crippen LogP contribution in [-0.4, -0.2) is 22.3 Å². The summed E-state index contributed by atoms with van der Waals surface area (Å²) in [7, 11) is 1.59. The zero-order chi connectivity index (χ0) is 10.1. The van der Waals surface area contributed by atoms with Crippen LogP contribution in [0.3, 0.4) is 0 Å². The molecule has 0 aromatic carbocycles. The molecule has 2 aromatic rings. The molecule has 2 heterocycles. The molecule has 2 rings (SSSR count). The van der Waals surface area contributed by atoms with Gasteiger partial charge in [0.1, 0.15) is 11.3 Å². The van der Waals surface area contributed by atoms with E-state index in [-0.39, 0.29) is 5.78 Å². The Morgan fingerprint density at radius 2 is 2.36 bits per heavy atom. The van der Waals surface area contributed by atoms with E-state index in [0.29, 0.717) is 11.6 Å². The molecule has 0 saturated carbocycles. The minimum absolute atomic E-state index is 0.0572. The molecule has 2 aromatic heterocycles. The lowest BCUT2D eigenvalue weighted by molar-refractivity contribution is 0.100. The number of nitrogens with zero attached hydrogens (tertiary/aromatic N) is 2. The van der Waals surface area contributed by atoms with Crippen molar-refractivity contribution in [2.24, 2.45) is 0 Å². The molecule has 72 valence electrons. The van der Waals surface area contributed by atoms with Crippen LogP contribution in [0.1, 0.15) is 17.5 Å². The predicted molar refractivity (Wildman–Crippen MR) is 51.7 cm³/mol. The van der Waals surface area contributed by atoms with Crippen LogP contribution in [0.2, 0.25) is 0 Å². The third-order valence-corrected chi connectivity index (χ3v) is 2.07. The SMILES string of the molecule is COc1cccn2c(C(C)=O)ncc12. The van der Waals surface area contributed by atoms with E-state index in [9.17, 15) is 4.79 Å². The van der Waals surface area contributed by atoms with Gasteiger partial charge in [-0.15, -0.1) is 0 Å². The average molecular weight is 190 g/mol. The second-order valence-corrected chi connectivity index (χ2v) is 2.97. The molecule has 0 aliphatic heterocycles. The van der Waals surface area contributed by atoms with Crippen molar-refractivity contribution < 1.29 is 9.53 Å². The lowest BCUT2D eigenvalue weighted by Gasteiger charge is -2.02. The van der Waals surface area contributed by atoms with Crippen LogP contribution in [-0.2, 0) is 0 Å². The average Bonchev–Trinajstić information content (AvgIpc) is 2.60. The highest BCUT2D eigenvalue weighted by Gasteiger charge is 2.10. The van der Waals surface area contributed by atoms with Crippen LogP contribution < -0.4 is 4.74 Å². The highest BCUT2D eigenvalue weighted by molar-refractivity contribution is 5.91. The van der Waals surface area contributed by atoms with E-state index in [1.165, 1.54) is 6.92 Å². The smallest absolute Gasteiger partial charge is 0.195 e. The van der Waals surface area contributed by atoms with E-state index in [0.717, 1.165) is 5.52 Å². The van der Waals surface area contributed by atoms with E-state index < -0.39 is 0 Å². The van der Waals surface area contributed by atoms with Crippen LogP contribution in [0.25, 0.3) is 5.52 Å². The fraction of sp³-hybridized carbons (Fsp3) is 0.200. The minimum Gasteiger partial charge on any atom is -0.494 e. The van der Waals surface area contributed by atoms with Crippen molar-refractivity contribution >= 4 is 11.3 Å². The standard InChI is InChI=1S/C10H10N2O2/c1-7(13)10-11-6-8-9(14-2)4-3-5-12(8)10/h3-6H,1-2H3. The maximum absolute atomic E-state index is 11.2. The van der Waals surface area contributed by atoms with Gasteiger partial charge in [-0.3, -0.25) is 9.20 Å². The molecule has 0 amide bonds. The van der Waals surface area contributed by atoms with Gasteiger partial charge in [0.2, 0.25) is 0 Å². The minimum atomic E-state index is -0.0572. The zero-order valence-electron chi connectivity index (χ0n) is 8.02. The molecular formula is C10H10N2O2. The van der Waals surface area contributed by atoms with Crippen LogP contribution in [0.5, 0.6) is 5.75 Å². The monoisotopic (exact) mass is 190 g/mol. The van der Waals surface area contributed by atoms with Gasteiger partial charge >= 0.3 is 0 Å². The topological polar surface area (TPSA) is 43.6 Å². The van der Waals surface area contributed by atoms with Gasteiger partial charge in [-0.2, -0.15) is 0 Å². The quantitative estimate of drug-likeness (QED) is 0.675. The van der Waals surface area contributed by atoms with Gasteiger partial charge in [-0.25, -0.2) is 4.98 Å². The number of ether oxygens (including phenoxy) is 1. The number of methoxy groups -OCH3 is 1. The Morgan fingerprint density at radius 1 is 1.57 bits per heavy atom. The molecule has 0 radical (unpaired) electrons. The number of ketones is 1. The number of pyridine rings is 1. The molecule has 0 saturated heterocycles. The Kier molecular flexibility index (Phi) is 1.96. The Hall–Kier alpha value is -1.84. The van der Waals surface area contributed by atoms with E-state index in [4.69, 9.17) is 4.74 Å². The number of fused-ring (bicyclic) bond motifs is 1. The Morgan fingerprint density at radius 3 is 3.00 bits per heavy atom. The number of aromatic nitrogens is 2. The summed E-state index contributed by atoms with van der Waals surface area (Å²) in [5.41, 5.74) is 0.806.